The fourth-order valence-corrected chi connectivity index (χ4v) is 1.73. The van der Waals surface area contributed by atoms with Crippen molar-refractivity contribution >= 4 is 28.7 Å². The van der Waals surface area contributed by atoms with Crippen LogP contribution in [-0.4, -0.2) is 24.1 Å². The quantitative estimate of drug-likeness (QED) is 0.519. The number of aryl methyl sites for hydroxylation is 1. The summed E-state index contributed by atoms with van der Waals surface area (Å²) >= 11 is 0. The monoisotopic (exact) mass is 257 g/mol. The lowest BCUT2D eigenvalue weighted by atomic mass is 10.1. The summed E-state index contributed by atoms with van der Waals surface area (Å²) in [6.07, 6.45) is 0.686. The van der Waals surface area contributed by atoms with Crippen LogP contribution in [0.25, 0.3) is 10.9 Å². The Morgan fingerprint density at radius 2 is 2.21 bits per heavy atom. The van der Waals surface area contributed by atoms with Gasteiger partial charge in [0, 0.05) is 5.39 Å². The normalized spacial score (nSPS) is 11.4. The van der Waals surface area contributed by atoms with E-state index in [1.54, 1.807) is 14.0 Å². The van der Waals surface area contributed by atoms with Crippen LogP contribution < -0.4 is 10.2 Å². The van der Waals surface area contributed by atoms with Crippen molar-refractivity contribution in [3.63, 3.8) is 0 Å². The van der Waals surface area contributed by atoms with Crippen LogP contribution in [0.2, 0.25) is 0 Å². The van der Waals surface area contributed by atoms with E-state index >= 15 is 0 Å². The van der Waals surface area contributed by atoms with E-state index in [1.807, 2.05) is 31.2 Å². The maximum absolute atomic E-state index is 10.5. The van der Waals surface area contributed by atoms with Gasteiger partial charge in [0.1, 0.15) is 11.6 Å². The number of hydrazone groups is 1. The zero-order valence-corrected chi connectivity index (χ0v) is 11.1. The van der Waals surface area contributed by atoms with E-state index in [-0.39, 0.29) is 0 Å². The highest BCUT2D eigenvalue weighted by Gasteiger charge is 2.04. The number of carbonyl (C=O) groups is 1. The van der Waals surface area contributed by atoms with Gasteiger partial charge in [0.15, 0.2) is 6.29 Å². The standard InChI is InChI=1S/C14H15N3O2/c1-9-6-14(17-16-10(2)8-18)15-13-5-4-11(19-3)7-12(9)13/h4-8H,1-3H3,(H,15,17)/b16-10+. The number of hydrogen-bond donors (Lipinski definition) is 1. The molecule has 1 aromatic heterocycles. The molecule has 2 aromatic rings. The summed E-state index contributed by atoms with van der Waals surface area (Å²) in [5.41, 5.74) is 5.05. The SMILES string of the molecule is COc1ccc2nc(N/N=C(\C)C=O)cc(C)c2c1. The summed E-state index contributed by atoms with van der Waals surface area (Å²) in [5.74, 6) is 1.41. The zero-order chi connectivity index (χ0) is 13.8. The number of methoxy groups -OCH3 is 1. The average Bonchev–Trinajstić information content (AvgIpc) is 2.44. The Bertz CT molecular complexity index is 650. The topological polar surface area (TPSA) is 63.6 Å². The van der Waals surface area contributed by atoms with Gasteiger partial charge in [-0.2, -0.15) is 5.10 Å². The highest BCUT2D eigenvalue weighted by molar-refractivity contribution is 6.27. The summed E-state index contributed by atoms with van der Waals surface area (Å²) in [7, 11) is 1.64. The molecular weight excluding hydrogens is 242 g/mol. The lowest BCUT2D eigenvalue weighted by Gasteiger charge is -2.07. The van der Waals surface area contributed by atoms with Crippen LogP contribution in [0.4, 0.5) is 5.82 Å². The Kier molecular flexibility index (Phi) is 3.75. The number of nitrogens with one attached hydrogen (secondary N) is 1. The Hall–Kier alpha value is -2.43. The van der Waals surface area contributed by atoms with Gasteiger partial charge >= 0.3 is 0 Å². The number of benzene rings is 1. The Labute approximate surface area is 111 Å². The van der Waals surface area contributed by atoms with Crippen LogP contribution in [0.5, 0.6) is 5.75 Å². The predicted molar refractivity (Wildman–Crippen MR) is 75.8 cm³/mol. The molecule has 0 amide bonds. The number of carbonyl (C=O) groups excluding carboxylic acids is 1. The summed E-state index contributed by atoms with van der Waals surface area (Å²) in [4.78, 5) is 14.9. The molecule has 0 saturated heterocycles. The van der Waals surface area contributed by atoms with Crippen molar-refractivity contribution in [1.82, 2.24) is 4.98 Å². The molecule has 0 aliphatic heterocycles. The third-order valence-electron chi connectivity index (χ3n) is 2.74. The van der Waals surface area contributed by atoms with Crippen molar-refractivity contribution in [2.24, 2.45) is 5.10 Å². The second-order valence-electron chi connectivity index (χ2n) is 4.19. The third-order valence-corrected chi connectivity index (χ3v) is 2.74. The number of aromatic nitrogens is 1. The Morgan fingerprint density at radius 3 is 2.89 bits per heavy atom. The lowest BCUT2D eigenvalue weighted by molar-refractivity contribution is -0.102. The number of pyridine rings is 1. The molecule has 0 aliphatic rings. The number of ether oxygens (including phenoxy) is 1. The van der Waals surface area contributed by atoms with E-state index in [2.05, 4.69) is 15.5 Å². The van der Waals surface area contributed by atoms with Crippen LogP contribution in [0.1, 0.15) is 12.5 Å². The van der Waals surface area contributed by atoms with E-state index in [1.165, 1.54) is 0 Å². The zero-order valence-electron chi connectivity index (χ0n) is 11.1. The maximum atomic E-state index is 10.5. The van der Waals surface area contributed by atoms with Crippen LogP contribution in [0.3, 0.4) is 0 Å². The molecule has 0 aliphatic carbocycles. The highest BCUT2D eigenvalue weighted by Crippen LogP contribution is 2.24. The molecule has 19 heavy (non-hydrogen) atoms. The van der Waals surface area contributed by atoms with Crippen LogP contribution >= 0.6 is 0 Å². The van der Waals surface area contributed by atoms with Crippen LogP contribution in [0, 0.1) is 6.92 Å². The van der Waals surface area contributed by atoms with Gasteiger partial charge in [-0.05, 0) is 43.7 Å². The molecule has 0 bridgehead atoms. The summed E-state index contributed by atoms with van der Waals surface area (Å²) < 4.78 is 5.20. The lowest BCUT2D eigenvalue weighted by Crippen LogP contribution is -2.00. The van der Waals surface area contributed by atoms with Gasteiger partial charge in [0.2, 0.25) is 0 Å². The molecule has 5 heteroatoms. The molecule has 0 atom stereocenters. The molecule has 1 N–H and O–H groups in total. The number of hydrogen-bond acceptors (Lipinski definition) is 5. The molecule has 5 nitrogen and oxygen atoms in total. The molecule has 0 saturated carbocycles. The van der Waals surface area contributed by atoms with Crippen molar-refractivity contribution in [2.75, 3.05) is 12.5 Å². The van der Waals surface area contributed by atoms with E-state index in [0.717, 1.165) is 22.2 Å². The van der Waals surface area contributed by atoms with Crippen molar-refractivity contribution in [1.29, 1.82) is 0 Å². The number of aldehydes is 1. The van der Waals surface area contributed by atoms with Gasteiger partial charge in [-0.3, -0.25) is 10.2 Å². The minimum Gasteiger partial charge on any atom is -0.497 e. The van der Waals surface area contributed by atoms with Gasteiger partial charge in [0.25, 0.3) is 0 Å². The fourth-order valence-electron chi connectivity index (χ4n) is 1.73. The fraction of sp³-hybridized carbons (Fsp3) is 0.214. The average molecular weight is 257 g/mol. The van der Waals surface area contributed by atoms with Gasteiger partial charge in [-0.1, -0.05) is 0 Å². The molecule has 98 valence electrons. The van der Waals surface area contributed by atoms with Crippen molar-refractivity contribution in [2.45, 2.75) is 13.8 Å². The molecular formula is C14H15N3O2. The molecule has 2 rings (SSSR count). The smallest absolute Gasteiger partial charge is 0.165 e. The van der Waals surface area contributed by atoms with Gasteiger partial charge in [0.05, 0.1) is 18.3 Å². The van der Waals surface area contributed by atoms with E-state index < -0.39 is 0 Å². The largest absolute Gasteiger partial charge is 0.497 e. The van der Waals surface area contributed by atoms with Crippen molar-refractivity contribution < 1.29 is 9.53 Å². The highest BCUT2D eigenvalue weighted by atomic mass is 16.5. The maximum Gasteiger partial charge on any atom is 0.165 e. The number of anilines is 1. The summed E-state index contributed by atoms with van der Waals surface area (Å²) in [5, 5.41) is 4.93. The second-order valence-corrected chi connectivity index (χ2v) is 4.19. The van der Waals surface area contributed by atoms with Gasteiger partial charge in [-0.15, -0.1) is 0 Å². The van der Waals surface area contributed by atoms with Crippen LogP contribution in [0.15, 0.2) is 29.4 Å². The molecule has 0 spiro atoms. The Balaban J connectivity index is 2.42. The first-order valence-electron chi connectivity index (χ1n) is 5.85. The number of fused-ring (bicyclic) bond motifs is 1. The minimum atomic E-state index is 0.370. The number of rotatable bonds is 4. The van der Waals surface area contributed by atoms with Gasteiger partial charge < -0.3 is 4.74 Å². The van der Waals surface area contributed by atoms with E-state index in [0.29, 0.717) is 17.8 Å². The van der Waals surface area contributed by atoms with Gasteiger partial charge in [-0.25, -0.2) is 4.98 Å². The van der Waals surface area contributed by atoms with E-state index in [9.17, 15) is 4.79 Å². The number of nitrogens with zero attached hydrogens (tertiary/aromatic N) is 2. The first-order valence-corrected chi connectivity index (χ1v) is 5.85. The predicted octanol–water partition coefficient (Wildman–Crippen LogP) is 2.54. The van der Waals surface area contributed by atoms with Crippen molar-refractivity contribution in [3.05, 3.63) is 29.8 Å². The molecule has 1 heterocycles. The summed E-state index contributed by atoms with van der Waals surface area (Å²) in [6, 6.07) is 7.58. The molecule has 0 radical (unpaired) electrons. The Morgan fingerprint density at radius 1 is 1.42 bits per heavy atom. The third kappa shape index (κ3) is 2.88. The molecule has 0 unspecified atom stereocenters. The molecule has 1 aromatic carbocycles. The first-order chi connectivity index (χ1) is 9.13. The second kappa shape index (κ2) is 5.48. The first kappa shape index (κ1) is 13.0. The van der Waals surface area contributed by atoms with Crippen molar-refractivity contribution in [3.8, 4) is 5.75 Å². The van der Waals surface area contributed by atoms with Crippen LogP contribution in [-0.2, 0) is 4.79 Å². The summed E-state index contributed by atoms with van der Waals surface area (Å²) in [6.45, 7) is 3.61. The molecule has 0 fully saturated rings. The minimum absolute atomic E-state index is 0.370. The van der Waals surface area contributed by atoms with E-state index in [4.69, 9.17) is 4.74 Å².